The van der Waals surface area contributed by atoms with Gasteiger partial charge < -0.3 is 4.52 Å². The monoisotopic (exact) mass is 225 g/mol. The van der Waals surface area contributed by atoms with Crippen LogP contribution in [0.5, 0.6) is 0 Å². The molecule has 0 N–H and O–H groups in total. The van der Waals surface area contributed by atoms with Crippen LogP contribution in [-0.2, 0) is 0 Å². The lowest BCUT2D eigenvalue weighted by Gasteiger charge is -1.92. The first kappa shape index (κ1) is 7.42. The molecule has 0 spiro atoms. The third kappa shape index (κ3) is 1.35. The van der Waals surface area contributed by atoms with Gasteiger partial charge in [0.15, 0.2) is 0 Å². The maximum absolute atomic E-state index is 4.60. The number of hydrogen-bond donors (Lipinski definition) is 0. The fourth-order valence-corrected chi connectivity index (χ4v) is 1.20. The first-order valence-electron chi connectivity index (χ1n) is 3.23. The van der Waals surface area contributed by atoms with E-state index in [1.165, 1.54) is 6.39 Å². The standard InChI is InChI=1S/C7H4BrN3O/c8-6-1-5(2-9-3-6)7-10-4-12-11-7/h1-4H. The molecule has 0 radical (unpaired) electrons. The van der Waals surface area contributed by atoms with E-state index in [4.69, 9.17) is 0 Å². The second-order valence-corrected chi connectivity index (χ2v) is 3.06. The van der Waals surface area contributed by atoms with E-state index >= 15 is 0 Å². The van der Waals surface area contributed by atoms with Crippen LogP contribution < -0.4 is 0 Å². The van der Waals surface area contributed by atoms with E-state index in [0.29, 0.717) is 5.82 Å². The minimum atomic E-state index is 0.545. The number of halogens is 1. The highest BCUT2D eigenvalue weighted by molar-refractivity contribution is 9.10. The van der Waals surface area contributed by atoms with Gasteiger partial charge in [-0.2, -0.15) is 4.98 Å². The smallest absolute Gasteiger partial charge is 0.214 e. The van der Waals surface area contributed by atoms with Crippen molar-refractivity contribution in [3.8, 4) is 11.4 Å². The highest BCUT2D eigenvalue weighted by atomic mass is 79.9. The molecule has 0 fully saturated rings. The molecule has 0 saturated carbocycles. The molecule has 2 aromatic heterocycles. The summed E-state index contributed by atoms with van der Waals surface area (Å²) in [6.45, 7) is 0. The third-order valence-corrected chi connectivity index (χ3v) is 1.76. The first-order valence-corrected chi connectivity index (χ1v) is 4.03. The Balaban J connectivity index is 2.48. The van der Waals surface area contributed by atoms with Crippen molar-refractivity contribution in [3.63, 3.8) is 0 Å². The number of hydrogen-bond acceptors (Lipinski definition) is 4. The van der Waals surface area contributed by atoms with Crippen LogP contribution in [0, 0.1) is 0 Å². The molecule has 0 bridgehead atoms. The van der Waals surface area contributed by atoms with E-state index in [9.17, 15) is 0 Å². The Morgan fingerprint density at radius 1 is 1.33 bits per heavy atom. The van der Waals surface area contributed by atoms with Gasteiger partial charge in [-0.15, -0.1) is 0 Å². The molecule has 0 amide bonds. The van der Waals surface area contributed by atoms with Crippen LogP contribution in [0.25, 0.3) is 11.4 Å². The fourth-order valence-electron chi connectivity index (χ4n) is 0.832. The summed E-state index contributed by atoms with van der Waals surface area (Å²) >= 11 is 3.30. The Labute approximate surface area is 76.8 Å². The minimum Gasteiger partial charge on any atom is -0.342 e. The molecular formula is C7H4BrN3O. The molecule has 4 nitrogen and oxygen atoms in total. The average molecular weight is 226 g/mol. The molecule has 0 aliphatic heterocycles. The molecule has 12 heavy (non-hydrogen) atoms. The second kappa shape index (κ2) is 3.02. The summed E-state index contributed by atoms with van der Waals surface area (Å²) in [6.07, 6.45) is 4.66. The van der Waals surface area contributed by atoms with Gasteiger partial charge in [0.25, 0.3) is 0 Å². The van der Waals surface area contributed by atoms with Gasteiger partial charge in [0, 0.05) is 22.4 Å². The van der Waals surface area contributed by atoms with Crippen molar-refractivity contribution in [1.82, 2.24) is 15.1 Å². The van der Waals surface area contributed by atoms with Crippen molar-refractivity contribution in [2.24, 2.45) is 0 Å². The summed E-state index contributed by atoms with van der Waals surface area (Å²) in [5.74, 6) is 0.545. The van der Waals surface area contributed by atoms with E-state index in [0.717, 1.165) is 10.0 Å². The van der Waals surface area contributed by atoms with Crippen LogP contribution in [0.3, 0.4) is 0 Å². The Morgan fingerprint density at radius 2 is 2.25 bits per heavy atom. The van der Waals surface area contributed by atoms with Crippen LogP contribution in [0.15, 0.2) is 33.8 Å². The van der Waals surface area contributed by atoms with Crippen molar-refractivity contribution in [2.75, 3.05) is 0 Å². The van der Waals surface area contributed by atoms with E-state index < -0.39 is 0 Å². The molecule has 0 aromatic carbocycles. The minimum absolute atomic E-state index is 0.545. The van der Waals surface area contributed by atoms with Crippen molar-refractivity contribution < 1.29 is 4.52 Å². The lowest BCUT2D eigenvalue weighted by molar-refractivity contribution is 0.418. The Kier molecular flexibility index (Phi) is 1.87. The molecule has 0 aliphatic carbocycles. The molecule has 2 rings (SSSR count). The van der Waals surface area contributed by atoms with Gasteiger partial charge >= 0.3 is 0 Å². The summed E-state index contributed by atoms with van der Waals surface area (Å²) in [5, 5.41) is 3.68. The van der Waals surface area contributed by atoms with Crippen LogP contribution in [0.1, 0.15) is 0 Å². The van der Waals surface area contributed by atoms with Crippen LogP contribution in [0.2, 0.25) is 0 Å². The number of nitrogens with zero attached hydrogens (tertiary/aromatic N) is 3. The largest absolute Gasteiger partial charge is 0.342 e. The van der Waals surface area contributed by atoms with Crippen LogP contribution in [-0.4, -0.2) is 15.1 Å². The van der Waals surface area contributed by atoms with Gasteiger partial charge in [0.2, 0.25) is 12.2 Å². The van der Waals surface area contributed by atoms with Gasteiger partial charge in [-0.05, 0) is 22.0 Å². The summed E-state index contributed by atoms with van der Waals surface area (Å²) in [7, 11) is 0. The van der Waals surface area contributed by atoms with E-state index in [1.54, 1.807) is 12.4 Å². The molecule has 2 heterocycles. The second-order valence-electron chi connectivity index (χ2n) is 2.15. The molecule has 60 valence electrons. The zero-order chi connectivity index (χ0) is 8.39. The molecular weight excluding hydrogens is 222 g/mol. The van der Waals surface area contributed by atoms with Crippen LogP contribution >= 0.6 is 15.9 Å². The summed E-state index contributed by atoms with van der Waals surface area (Å²) in [6, 6.07) is 1.87. The summed E-state index contributed by atoms with van der Waals surface area (Å²) in [5.41, 5.74) is 0.832. The molecule has 0 aliphatic rings. The number of aromatic nitrogens is 3. The van der Waals surface area contributed by atoms with Gasteiger partial charge in [-0.25, -0.2) is 0 Å². The zero-order valence-corrected chi connectivity index (χ0v) is 7.52. The summed E-state index contributed by atoms with van der Waals surface area (Å²) < 4.78 is 5.50. The van der Waals surface area contributed by atoms with E-state index in [2.05, 4.69) is 35.6 Å². The predicted octanol–water partition coefficient (Wildman–Crippen LogP) is 1.89. The molecule has 0 unspecified atom stereocenters. The first-order chi connectivity index (χ1) is 5.86. The van der Waals surface area contributed by atoms with Gasteiger partial charge in [-0.1, -0.05) is 5.16 Å². The Hall–Kier alpha value is -1.23. The Morgan fingerprint density at radius 3 is 2.92 bits per heavy atom. The lowest BCUT2D eigenvalue weighted by atomic mass is 10.3. The molecule has 5 heteroatoms. The van der Waals surface area contributed by atoms with Gasteiger partial charge in [0.05, 0.1) is 0 Å². The number of pyridine rings is 1. The van der Waals surface area contributed by atoms with Gasteiger partial charge in [0.1, 0.15) is 0 Å². The van der Waals surface area contributed by atoms with Crippen LogP contribution in [0.4, 0.5) is 0 Å². The normalized spacial score (nSPS) is 10.1. The molecule has 0 atom stereocenters. The van der Waals surface area contributed by atoms with Crippen molar-refractivity contribution in [1.29, 1.82) is 0 Å². The Bertz CT molecular complexity index is 374. The van der Waals surface area contributed by atoms with E-state index in [-0.39, 0.29) is 0 Å². The van der Waals surface area contributed by atoms with Crippen molar-refractivity contribution >= 4 is 15.9 Å². The lowest BCUT2D eigenvalue weighted by Crippen LogP contribution is -1.81. The maximum Gasteiger partial charge on any atom is 0.214 e. The summed E-state index contributed by atoms with van der Waals surface area (Å²) in [4.78, 5) is 7.86. The third-order valence-electron chi connectivity index (χ3n) is 1.32. The van der Waals surface area contributed by atoms with Gasteiger partial charge in [-0.3, -0.25) is 4.98 Å². The quantitative estimate of drug-likeness (QED) is 0.744. The van der Waals surface area contributed by atoms with Crippen molar-refractivity contribution in [2.45, 2.75) is 0 Å². The highest BCUT2D eigenvalue weighted by Crippen LogP contribution is 2.17. The number of rotatable bonds is 1. The SMILES string of the molecule is Brc1cncc(-c2ncon2)c1. The average Bonchev–Trinajstić information content (AvgIpc) is 2.56. The maximum atomic E-state index is 4.60. The zero-order valence-electron chi connectivity index (χ0n) is 5.94. The molecule has 0 saturated heterocycles. The molecule has 2 aromatic rings. The highest BCUT2D eigenvalue weighted by Gasteiger charge is 2.02. The predicted molar refractivity (Wildman–Crippen MR) is 45.2 cm³/mol. The van der Waals surface area contributed by atoms with E-state index in [1.807, 2.05) is 6.07 Å². The topological polar surface area (TPSA) is 51.8 Å². The van der Waals surface area contributed by atoms with Crippen molar-refractivity contribution in [3.05, 3.63) is 29.3 Å². The fraction of sp³-hybridized carbons (Fsp3) is 0.